The molecule has 0 bridgehead atoms. The van der Waals surface area contributed by atoms with Crippen LogP contribution in [0.2, 0.25) is 0 Å². The van der Waals surface area contributed by atoms with Crippen LogP contribution in [0.25, 0.3) is 6.08 Å². The van der Waals surface area contributed by atoms with E-state index in [2.05, 4.69) is 33.8 Å². The Bertz CT molecular complexity index is 912. The second-order valence-electron chi connectivity index (χ2n) is 8.22. The average Bonchev–Trinajstić information content (AvgIpc) is 2.78. The number of hydrogen-bond donors (Lipinski definition) is 0. The topological polar surface area (TPSA) is 52.6 Å². The molecule has 2 aliphatic rings. The third-order valence-electron chi connectivity index (χ3n) is 5.98. The quantitative estimate of drug-likeness (QED) is 0.730. The smallest absolute Gasteiger partial charge is 0.246 e. The normalized spacial score (nSPS) is 17.6. The van der Waals surface area contributed by atoms with E-state index in [9.17, 15) is 4.79 Å². The summed E-state index contributed by atoms with van der Waals surface area (Å²) >= 11 is 0. The molecule has 1 aromatic heterocycles. The molecule has 0 spiro atoms. The highest BCUT2D eigenvalue weighted by molar-refractivity contribution is 5.92. The average molecular weight is 406 g/mol. The third kappa shape index (κ3) is 4.81. The molecule has 0 N–H and O–H groups in total. The van der Waals surface area contributed by atoms with E-state index in [-0.39, 0.29) is 5.91 Å². The van der Waals surface area contributed by atoms with Crippen LogP contribution in [0.15, 0.2) is 36.4 Å². The van der Waals surface area contributed by atoms with Crippen LogP contribution in [0.1, 0.15) is 36.1 Å². The number of piperidine rings is 1. The number of amides is 1. The zero-order valence-electron chi connectivity index (χ0n) is 18.0. The van der Waals surface area contributed by atoms with E-state index in [4.69, 9.17) is 4.98 Å². The fraction of sp³-hybridized carbons (Fsp3) is 0.458. The Morgan fingerprint density at radius 1 is 0.900 bits per heavy atom. The Balaban J connectivity index is 1.38. The van der Waals surface area contributed by atoms with E-state index < -0.39 is 0 Å². The number of carbonyl (C=O) groups is 1. The Labute approximate surface area is 179 Å². The molecule has 0 radical (unpaired) electrons. The number of benzene rings is 1. The lowest BCUT2D eigenvalue weighted by molar-refractivity contribution is -0.126. The van der Waals surface area contributed by atoms with Crippen molar-refractivity contribution in [2.24, 2.45) is 0 Å². The lowest BCUT2D eigenvalue weighted by atomic mass is 10.1. The standard InChI is InChI=1S/C24H31N5O/c1-19-8-4-5-9-21(19)10-11-23(30)28-16-14-27(15-17-28)22-18-20(2)25-24(26-22)29-12-6-3-7-13-29/h4-5,8-11,18H,3,6-7,12-17H2,1-2H3/b11-10+. The highest BCUT2D eigenvalue weighted by Gasteiger charge is 2.22. The maximum atomic E-state index is 12.6. The molecule has 2 fully saturated rings. The van der Waals surface area contributed by atoms with Crippen LogP contribution in [-0.4, -0.2) is 60.0 Å². The van der Waals surface area contributed by atoms with Crippen LogP contribution in [0.5, 0.6) is 0 Å². The van der Waals surface area contributed by atoms with Crippen LogP contribution >= 0.6 is 0 Å². The van der Waals surface area contributed by atoms with Gasteiger partial charge in [-0.3, -0.25) is 4.79 Å². The molecule has 158 valence electrons. The molecular weight excluding hydrogens is 374 g/mol. The second-order valence-corrected chi connectivity index (χ2v) is 8.22. The van der Waals surface area contributed by atoms with E-state index in [1.54, 1.807) is 6.08 Å². The second kappa shape index (κ2) is 9.28. The van der Waals surface area contributed by atoms with E-state index in [1.807, 2.05) is 36.1 Å². The summed E-state index contributed by atoms with van der Waals surface area (Å²) in [4.78, 5) is 28.7. The molecule has 4 rings (SSSR count). The summed E-state index contributed by atoms with van der Waals surface area (Å²) in [5.41, 5.74) is 3.27. The molecule has 0 atom stereocenters. The monoisotopic (exact) mass is 405 g/mol. The lowest BCUT2D eigenvalue weighted by Gasteiger charge is -2.35. The molecule has 0 aliphatic carbocycles. The van der Waals surface area contributed by atoms with Crippen molar-refractivity contribution >= 4 is 23.7 Å². The summed E-state index contributed by atoms with van der Waals surface area (Å²) in [7, 11) is 0. The van der Waals surface area contributed by atoms with Gasteiger partial charge in [-0.2, -0.15) is 4.98 Å². The van der Waals surface area contributed by atoms with E-state index in [0.717, 1.165) is 49.2 Å². The molecule has 0 unspecified atom stereocenters. The molecule has 0 saturated carbocycles. The van der Waals surface area contributed by atoms with Crippen molar-refractivity contribution in [2.75, 3.05) is 49.1 Å². The molecule has 1 aromatic carbocycles. The van der Waals surface area contributed by atoms with E-state index >= 15 is 0 Å². The summed E-state index contributed by atoms with van der Waals surface area (Å²) in [6.07, 6.45) is 7.33. The molecule has 2 saturated heterocycles. The van der Waals surface area contributed by atoms with E-state index in [1.165, 1.54) is 24.8 Å². The first-order valence-electron chi connectivity index (χ1n) is 11.0. The fourth-order valence-electron chi connectivity index (χ4n) is 4.13. The Hall–Kier alpha value is -2.89. The molecule has 6 heteroatoms. The number of aromatic nitrogens is 2. The number of piperazine rings is 1. The first kappa shape index (κ1) is 20.4. The van der Waals surface area contributed by atoms with Crippen LogP contribution in [0, 0.1) is 13.8 Å². The zero-order valence-corrected chi connectivity index (χ0v) is 18.0. The van der Waals surface area contributed by atoms with Gasteiger partial charge >= 0.3 is 0 Å². The van der Waals surface area contributed by atoms with Gasteiger partial charge < -0.3 is 14.7 Å². The van der Waals surface area contributed by atoms with Gasteiger partial charge in [0.25, 0.3) is 0 Å². The molecule has 1 amide bonds. The molecule has 3 heterocycles. The van der Waals surface area contributed by atoms with Gasteiger partial charge in [-0.1, -0.05) is 24.3 Å². The Morgan fingerprint density at radius 3 is 2.37 bits per heavy atom. The SMILES string of the molecule is Cc1cc(N2CCN(C(=O)/C=C/c3ccccc3C)CC2)nc(N2CCCCC2)n1. The minimum Gasteiger partial charge on any atom is -0.353 e. The molecule has 2 aromatic rings. The third-order valence-corrected chi connectivity index (χ3v) is 5.98. The maximum Gasteiger partial charge on any atom is 0.246 e. The maximum absolute atomic E-state index is 12.6. The largest absolute Gasteiger partial charge is 0.353 e. The van der Waals surface area contributed by atoms with Gasteiger partial charge in [0.1, 0.15) is 5.82 Å². The highest BCUT2D eigenvalue weighted by Crippen LogP contribution is 2.21. The highest BCUT2D eigenvalue weighted by atomic mass is 16.2. The van der Waals surface area contributed by atoms with Crippen molar-refractivity contribution < 1.29 is 4.79 Å². The number of carbonyl (C=O) groups excluding carboxylic acids is 1. The minimum atomic E-state index is 0.0748. The minimum absolute atomic E-state index is 0.0748. The summed E-state index contributed by atoms with van der Waals surface area (Å²) in [6.45, 7) is 9.17. The van der Waals surface area contributed by atoms with Crippen LogP contribution in [0.4, 0.5) is 11.8 Å². The van der Waals surface area contributed by atoms with Crippen LogP contribution < -0.4 is 9.80 Å². The van der Waals surface area contributed by atoms with Gasteiger partial charge in [0.05, 0.1) is 0 Å². The molecule has 2 aliphatic heterocycles. The summed E-state index contributed by atoms with van der Waals surface area (Å²) in [5.74, 6) is 1.90. The molecule has 30 heavy (non-hydrogen) atoms. The van der Waals surface area contributed by atoms with Gasteiger partial charge in [0, 0.05) is 57.1 Å². The van der Waals surface area contributed by atoms with Crippen molar-refractivity contribution in [3.63, 3.8) is 0 Å². The summed E-state index contributed by atoms with van der Waals surface area (Å²) < 4.78 is 0. The Kier molecular flexibility index (Phi) is 6.31. The predicted molar refractivity (Wildman–Crippen MR) is 122 cm³/mol. The number of aryl methyl sites for hydroxylation is 2. The number of rotatable bonds is 4. The Morgan fingerprint density at radius 2 is 1.63 bits per heavy atom. The first-order valence-corrected chi connectivity index (χ1v) is 11.0. The number of hydrogen-bond acceptors (Lipinski definition) is 5. The van der Waals surface area contributed by atoms with Crippen molar-refractivity contribution in [3.05, 3.63) is 53.2 Å². The fourth-order valence-corrected chi connectivity index (χ4v) is 4.13. The van der Waals surface area contributed by atoms with Crippen molar-refractivity contribution in [1.29, 1.82) is 0 Å². The summed E-state index contributed by atoms with van der Waals surface area (Å²) in [5, 5.41) is 0. The van der Waals surface area contributed by atoms with Crippen molar-refractivity contribution in [2.45, 2.75) is 33.1 Å². The van der Waals surface area contributed by atoms with Crippen LogP contribution in [-0.2, 0) is 4.79 Å². The van der Waals surface area contributed by atoms with Crippen molar-refractivity contribution in [3.8, 4) is 0 Å². The molecular formula is C24H31N5O. The predicted octanol–water partition coefficient (Wildman–Crippen LogP) is 3.45. The first-order chi connectivity index (χ1) is 14.6. The van der Waals surface area contributed by atoms with Crippen LogP contribution in [0.3, 0.4) is 0 Å². The number of anilines is 2. The zero-order chi connectivity index (χ0) is 20.9. The van der Waals surface area contributed by atoms with Gasteiger partial charge in [0.15, 0.2) is 0 Å². The van der Waals surface area contributed by atoms with Gasteiger partial charge in [-0.05, 0) is 50.3 Å². The number of nitrogens with zero attached hydrogens (tertiary/aromatic N) is 5. The van der Waals surface area contributed by atoms with Gasteiger partial charge in [-0.25, -0.2) is 4.98 Å². The summed E-state index contributed by atoms with van der Waals surface area (Å²) in [6, 6.07) is 10.2. The van der Waals surface area contributed by atoms with Gasteiger partial charge in [0.2, 0.25) is 11.9 Å². The van der Waals surface area contributed by atoms with E-state index in [0.29, 0.717) is 13.1 Å². The van der Waals surface area contributed by atoms with Gasteiger partial charge in [-0.15, -0.1) is 0 Å². The van der Waals surface area contributed by atoms with Crippen molar-refractivity contribution in [1.82, 2.24) is 14.9 Å². The molecule has 6 nitrogen and oxygen atoms in total. The lowest BCUT2D eigenvalue weighted by Crippen LogP contribution is -2.48.